The third kappa shape index (κ3) is 2.14. The number of rotatable bonds is 3. The fourth-order valence-corrected chi connectivity index (χ4v) is 3.58. The molecule has 0 aliphatic heterocycles. The first-order valence-electron chi connectivity index (χ1n) is 6.84. The molecule has 3 rings (SSSR count). The van der Waals surface area contributed by atoms with Gasteiger partial charge in [-0.2, -0.15) is 0 Å². The first kappa shape index (κ1) is 13.8. The zero-order chi connectivity index (χ0) is 15.1. The number of carboxylic acid groups (broad SMARTS) is 1. The van der Waals surface area contributed by atoms with E-state index in [4.69, 9.17) is 0 Å². The Morgan fingerprint density at radius 2 is 1.95 bits per heavy atom. The van der Waals surface area contributed by atoms with Crippen LogP contribution in [0, 0.1) is 13.8 Å². The lowest BCUT2D eigenvalue weighted by molar-refractivity contribution is 0.0688. The molecule has 108 valence electrons. The van der Waals surface area contributed by atoms with Gasteiger partial charge in [0.25, 0.3) is 0 Å². The van der Waals surface area contributed by atoms with Crippen molar-refractivity contribution < 1.29 is 9.90 Å². The predicted molar refractivity (Wildman–Crippen MR) is 84.3 cm³/mol. The van der Waals surface area contributed by atoms with Crippen molar-refractivity contribution >= 4 is 22.3 Å². The number of thiazole rings is 1. The number of aromatic nitrogens is 2. The number of fused-ring (bicyclic) bond motifs is 1. The van der Waals surface area contributed by atoms with Gasteiger partial charge in [0, 0.05) is 4.88 Å². The summed E-state index contributed by atoms with van der Waals surface area (Å²) in [5, 5.41) is 9.55. The van der Waals surface area contributed by atoms with Crippen molar-refractivity contribution in [2.24, 2.45) is 0 Å². The molecule has 5 heteroatoms. The average molecular weight is 300 g/mol. The number of nitrogens with zero attached hydrogens (tertiary/aromatic N) is 2. The van der Waals surface area contributed by atoms with Gasteiger partial charge in [0.1, 0.15) is 0 Å². The minimum absolute atomic E-state index is 0.285. The van der Waals surface area contributed by atoms with E-state index in [-0.39, 0.29) is 5.69 Å². The lowest BCUT2D eigenvalue weighted by atomic mass is 10.1. The van der Waals surface area contributed by atoms with Gasteiger partial charge in [-0.3, -0.25) is 4.40 Å². The highest BCUT2D eigenvalue weighted by molar-refractivity contribution is 7.17. The van der Waals surface area contributed by atoms with Gasteiger partial charge in [-0.25, -0.2) is 9.78 Å². The third-order valence-corrected chi connectivity index (χ3v) is 4.54. The number of hydrogen-bond acceptors (Lipinski definition) is 3. The van der Waals surface area contributed by atoms with Gasteiger partial charge in [-0.1, -0.05) is 36.8 Å². The molecule has 0 atom stereocenters. The van der Waals surface area contributed by atoms with Crippen molar-refractivity contribution in [1.82, 2.24) is 9.38 Å². The highest BCUT2D eigenvalue weighted by atomic mass is 32.1. The second kappa shape index (κ2) is 5.00. The van der Waals surface area contributed by atoms with Crippen LogP contribution in [0.1, 0.15) is 33.5 Å². The Kier molecular flexibility index (Phi) is 3.29. The summed E-state index contributed by atoms with van der Waals surface area (Å²) in [7, 11) is 0. The van der Waals surface area contributed by atoms with Gasteiger partial charge < -0.3 is 5.11 Å². The Bertz CT molecular complexity index is 828. The molecule has 1 aromatic carbocycles. The maximum atomic E-state index is 11.6. The zero-order valence-electron chi connectivity index (χ0n) is 12.2. The minimum atomic E-state index is -0.925. The second-order valence-electron chi connectivity index (χ2n) is 5.06. The molecule has 0 amide bonds. The Balaban J connectivity index is 2.36. The van der Waals surface area contributed by atoms with Crippen molar-refractivity contribution in [3.05, 3.63) is 46.1 Å². The van der Waals surface area contributed by atoms with E-state index >= 15 is 0 Å². The van der Waals surface area contributed by atoms with Crippen molar-refractivity contribution in [2.45, 2.75) is 27.2 Å². The Labute approximate surface area is 126 Å². The highest BCUT2D eigenvalue weighted by Crippen LogP contribution is 2.33. The van der Waals surface area contributed by atoms with E-state index in [0.717, 1.165) is 21.1 Å². The standard InChI is InChI=1S/C16H16N2O2S/c1-4-12-14(15(19)20)18-13(10(3)21-16(18)17-12)11-7-5-9(2)6-8-11/h5-8H,4H2,1-3H3,(H,19,20). The van der Waals surface area contributed by atoms with Crippen LogP contribution in [-0.2, 0) is 6.42 Å². The SMILES string of the molecule is CCc1nc2sc(C)c(-c3ccc(C)cc3)n2c1C(=O)O. The van der Waals surface area contributed by atoms with Crippen molar-refractivity contribution in [3.63, 3.8) is 0 Å². The lowest BCUT2D eigenvalue weighted by Crippen LogP contribution is -2.06. The minimum Gasteiger partial charge on any atom is -0.477 e. The first-order valence-corrected chi connectivity index (χ1v) is 7.65. The Morgan fingerprint density at radius 1 is 1.29 bits per heavy atom. The van der Waals surface area contributed by atoms with Crippen LogP contribution >= 0.6 is 11.3 Å². The third-order valence-electron chi connectivity index (χ3n) is 3.58. The molecule has 0 aliphatic rings. The number of aryl methyl sites for hydroxylation is 3. The molecule has 0 aliphatic carbocycles. The van der Waals surface area contributed by atoms with E-state index in [1.807, 2.05) is 45.0 Å². The molecular formula is C16H16N2O2S. The highest BCUT2D eigenvalue weighted by Gasteiger charge is 2.23. The first-order chi connectivity index (χ1) is 10.0. The molecule has 21 heavy (non-hydrogen) atoms. The molecule has 0 spiro atoms. The summed E-state index contributed by atoms with van der Waals surface area (Å²) in [5.74, 6) is -0.925. The van der Waals surface area contributed by atoms with Crippen LogP contribution < -0.4 is 0 Å². The van der Waals surface area contributed by atoms with Gasteiger partial charge in [0.05, 0.1) is 11.4 Å². The van der Waals surface area contributed by atoms with Crippen LogP contribution in [0.5, 0.6) is 0 Å². The molecule has 4 nitrogen and oxygen atoms in total. The van der Waals surface area contributed by atoms with Crippen LogP contribution in [0.3, 0.4) is 0 Å². The smallest absolute Gasteiger partial charge is 0.354 e. The van der Waals surface area contributed by atoms with Crippen LogP contribution in [-0.4, -0.2) is 20.5 Å². The average Bonchev–Trinajstić information content (AvgIpc) is 2.93. The number of carbonyl (C=O) groups is 1. The van der Waals surface area contributed by atoms with Crippen LogP contribution in [0.25, 0.3) is 16.2 Å². The molecule has 3 aromatic rings. The van der Waals surface area contributed by atoms with Gasteiger partial charge in [0.15, 0.2) is 10.7 Å². The summed E-state index contributed by atoms with van der Waals surface area (Å²) >= 11 is 1.53. The van der Waals surface area contributed by atoms with E-state index < -0.39 is 5.97 Å². The topological polar surface area (TPSA) is 54.6 Å². The van der Waals surface area contributed by atoms with Gasteiger partial charge in [-0.15, -0.1) is 11.3 Å². The maximum absolute atomic E-state index is 11.6. The normalized spacial score (nSPS) is 11.2. The van der Waals surface area contributed by atoms with E-state index in [0.29, 0.717) is 12.1 Å². The molecule has 0 fully saturated rings. The van der Waals surface area contributed by atoms with Gasteiger partial charge >= 0.3 is 5.97 Å². The zero-order valence-corrected chi connectivity index (χ0v) is 13.0. The summed E-state index contributed by atoms with van der Waals surface area (Å²) in [5.41, 5.74) is 4.06. The number of hydrogen-bond donors (Lipinski definition) is 1. The number of aromatic carboxylic acids is 1. The molecule has 0 saturated heterocycles. The van der Waals surface area contributed by atoms with Crippen LogP contribution in [0.4, 0.5) is 0 Å². The summed E-state index contributed by atoms with van der Waals surface area (Å²) in [4.78, 5) is 17.9. The molecular weight excluding hydrogens is 284 g/mol. The quantitative estimate of drug-likeness (QED) is 0.797. The summed E-state index contributed by atoms with van der Waals surface area (Å²) in [6.45, 7) is 5.97. The van der Waals surface area contributed by atoms with Crippen LogP contribution in [0.2, 0.25) is 0 Å². The van der Waals surface area contributed by atoms with Crippen LogP contribution in [0.15, 0.2) is 24.3 Å². The lowest BCUT2D eigenvalue weighted by Gasteiger charge is -2.05. The van der Waals surface area contributed by atoms with E-state index in [2.05, 4.69) is 4.98 Å². The largest absolute Gasteiger partial charge is 0.477 e. The molecule has 0 saturated carbocycles. The monoisotopic (exact) mass is 300 g/mol. The van der Waals surface area contributed by atoms with Gasteiger partial charge in [-0.05, 0) is 25.8 Å². The molecule has 2 heterocycles. The number of benzene rings is 1. The van der Waals surface area contributed by atoms with E-state index in [9.17, 15) is 9.90 Å². The Hall–Kier alpha value is -2.14. The fourth-order valence-electron chi connectivity index (χ4n) is 2.57. The summed E-state index contributed by atoms with van der Waals surface area (Å²) in [6, 6.07) is 8.13. The fraction of sp³-hybridized carbons (Fsp3) is 0.250. The molecule has 0 bridgehead atoms. The van der Waals surface area contributed by atoms with E-state index in [1.54, 1.807) is 4.40 Å². The number of imidazole rings is 1. The second-order valence-corrected chi connectivity index (χ2v) is 6.24. The summed E-state index contributed by atoms with van der Waals surface area (Å²) < 4.78 is 1.78. The van der Waals surface area contributed by atoms with Crippen molar-refractivity contribution in [3.8, 4) is 11.3 Å². The molecule has 1 N–H and O–H groups in total. The van der Waals surface area contributed by atoms with Gasteiger partial charge in [0.2, 0.25) is 0 Å². The van der Waals surface area contributed by atoms with E-state index in [1.165, 1.54) is 16.9 Å². The van der Waals surface area contributed by atoms with Crippen molar-refractivity contribution in [2.75, 3.05) is 0 Å². The number of carboxylic acids is 1. The molecule has 0 unspecified atom stereocenters. The maximum Gasteiger partial charge on any atom is 0.354 e. The molecule has 2 aromatic heterocycles. The molecule has 0 radical (unpaired) electrons. The summed E-state index contributed by atoms with van der Waals surface area (Å²) in [6.07, 6.45) is 0.614. The van der Waals surface area contributed by atoms with Crippen molar-refractivity contribution in [1.29, 1.82) is 0 Å². The predicted octanol–water partition coefficient (Wildman–Crippen LogP) is 3.94. The Morgan fingerprint density at radius 3 is 2.52 bits per heavy atom.